The van der Waals surface area contributed by atoms with E-state index in [1.165, 1.54) is 13.1 Å². The second kappa shape index (κ2) is 1.90. The highest BCUT2D eigenvalue weighted by molar-refractivity contribution is 4.92. The van der Waals surface area contributed by atoms with Crippen molar-refractivity contribution in [2.75, 3.05) is 13.1 Å². The fourth-order valence-electron chi connectivity index (χ4n) is 1.04. The van der Waals surface area contributed by atoms with Gasteiger partial charge >= 0.3 is 0 Å². The monoisotopic (exact) mass is 111 g/mol. The molecule has 0 aromatic rings. The van der Waals surface area contributed by atoms with Crippen LogP contribution in [0.4, 0.5) is 0 Å². The largest absolute Gasteiger partial charge is 0.316 e. The maximum Gasteiger partial charge on any atom is 0.00205 e. The van der Waals surface area contributed by atoms with E-state index in [1.54, 1.807) is 0 Å². The number of rotatable bonds is 2. The van der Waals surface area contributed by atoms with Gasteiger partial charge in [0.2, 0.25) is 0 Å². The van der Waals surface area contributed by atoms with E-state index in [0.29, 0.717) is 5.41 Å². The summed E-state index contributed by atoms with van der Waals surface area (Å²) in [6, 6.07) is 0. The van der Waals surface area contributed by atoms with Crippen molar-refractivity contribution in [1.29, 1.82) is 0 Å². The van der Waals surface area contributed by atoms with Crippen LogP contribution in [0, 0.1) is 5.41 Å². The van der Waals surface area contributed by atoms with Crippen LogP contribution < -0.4 is 5.32 Å². The molecule has 46 valence electrons. The van der Waals surface area contributed by atoms with E-state index in [9.17, 15) is 0 Å². The average Bonchev–Trinajstić information content (AvgIpc) is 1.64. The maximum atomic E-state index is 3.70. The second-order valence-electron chi connectivity index (χ2n) is 2.91. The lowest BCUT2D eigenvalue weighted by molar-refractivity contribution is 0.200. The van der Waals surface area contributed by atoms with Crippen molar-refractivity contribution in [2.24, 2.45) is 5.41 Å². The standard InChI is InChI=1S/C7H13N/c1-3-4-7(2)5-8-6-7/h3,8H,1,4-6H2,2H3. The van der Waals surface area contributed by atoms with Crippen molar-refractivity contribution in [3.8, 4) is 0 Å². The molecule has 1 heterocycles. The Kier molecular flexibility index (Phi) is 1.39. The summed E-state index contributed by atoms with van der Waals surface area (Å²) < 4.78 is 0. The smallest absolute Gasteiger partial charge is 0.00205 e. The summed E-state index contributed by atoms with van der Waals surface area (Å²) in [6.45, 7) is 8.31. The Morgan fingerprint density at radius 1 is 1.75 bits per heavy atom. The number of hydrogen-bond donors (Lipinski definition) is 1. The summed E-state index contributed by atoms with van der Waals surface area (Å²) in [5.41, 5.74) is 0.543. The summed E-state index contributed by atoms with van der Waals surface area (Å²) in [7, 11) is 0. The van der Waals surface area contributed by atoms with Gasteiger partial charge in [0.15, 0.2) is 0 Å². The first-order valence-corrected chi connectivity index (χ1v) is 3.08. The van der Waals surface area contributed by atoms with Gasteiger partial charge in [-0.2, -0.15) is 0 Å². The molecule has 0 amide bonds. The van der Waals surface area contributed by atoms with Gasteiger partial charge in [0.05, 0.1) is 0 Å². The molecule has 1 fully saturated rings. The molecule has 0 saturated carbocycles. The first-order valence-electron chi connectivity index (χ1n) is 3.08. The molecular weight excluding hydrogens is 98.1 g/mol. The minimum atomic E-state index is 0.543. The van der Waals surface area contributed by atoms with Crippen LogP contribution in [0.3, 0.4) is 0 Å². The van der Waals surface area contributed by atoms with Gasteiger partial charge in [-0.25, -0.2) is 0 Å². The zero-order chi connectivity index (χ0) is 6.04. The highest BCUT2D eigenvalue weighted by atomic mass is 15.0. The van der Waals surface area contributed by atoms with Gasteiger partial charge in [0.25, 0.3) is 0 Å². The van der Waals surface area contributed by atoms with Crippen LogP contribution in [0.2, 0.25) is 0 Å². The molecule has 1 heteroatoms. The van der Waals surface area contributed by atoms with Crippen LogP contribution in [-0.2, 0) is 0 Å². The van der Waals surface area contributed by atoms with E-state index < -0.39 is 0 Å². The molecule has 1 nitrogen and oxygen atoms in total. The fourth-order valence-corrected chi connectivity index (χ4v) is 1.04. The molecule has 0 bridgehead atoms. The average molecular weight is 111 g/mol. The van der Waals surface area contributed by atoms with Gasteiger partial charge in [-0.3, -0.25) is 0 Å². The quantitative estimate of drug-likeness (QED) is 0.527. The normalized spacial score (nSPS) is 24.1. The lowest BCUT2D eigenvalue weighted by Gasteiger charge is -2.38. The minimum Gasteiger partial charge on any atom is -0.316 e. The van der Waals surface area contributed by atoms with Crippen LogP contribution in [0.15, 0.2) is 12.7 Å². The molecule has 0 unspecified atom stereocenters. The number of allylic oxidation sites excluding steroid dienone is 1. The zero-order valence-corrected chi connectivity index (χ0v) is 5.41. The van der Waals surface area contributed by atoms with Gasteiger partial charge in [0, 0.05) is 13.1 Å². The predicted molar refractivity (Wildman–Crippen MR) is 35.8 cm³/mol. The molecule has 1 aliphatic heterocycles. The topological polar surface area (TPSA) is 12.0 Å². The molecule has 1 aliphatic rings. The molecule has 0 aliphatic carbocycles. The lowest BCUT2D eigenvalue weighted by atomic mass is 9.81. The zero-order valence-electron chi connectivity index (χ0n) is 5.41. The highest BCUT2D eigenvalue weighted by Crippen LogP contribution is 2.25. The SMILES string of the molecule is C=CCC1(C)CNC1. The Labute approximate surface area is 50.8 Å². The Morgan fingerprint density at radius 3 is 2.50 bits per heavy atom. The van der Waals surface area contributed by atoms with E-state index in [4.69, 9.17) is 0 Å². The number of hydrogen-bond acceptors (Lipinski definition) is 1. The van der Waals surface area contributed by atoms with Gasteiger partial charge in [0.1, 0.15) is 0 Å². The Hall–Kier alpha value is -0.300. The van der Waals surface area contributed by atoms with E-state index in [-0.39, 0.29) is 0 Å². The molecule has 8 heavy (non-hydrogen) atoms. The molecule has 0 atom stereocenters. The molecule has 0 aromatic carbocycles. The maximum absolute atomic E-state index is 3.70. The number of nitrogens with one attached hydrogen (secondary N) is 1. The Morgan fingerprint density at radius 2 is 2.38 bits per heavy atom. The summed E-state index contributed by atoms with van der Waals surface area (Å²) in [5.74, 6) is 0. The molecule has 1 saturated heterocycles. The summed E-state index contributed by atoms with van der Waals surface area (Å²) >= 11 is 0. The van der Waals surface area contributed by atoms with Crippen molar-refractivity contribution >= 4 is 0 Å². The first kappa shape index (κ1) is 5.83. The first-order chi connectivity index (χ1) is 3.77. The summed E-state index contributed by atoms with van der Waals surface area (Å²) in [5, 5.41) is 3.24. The molecule has 1 rings (SSSR count). The third kappa shape index (κ3) is 0.920. The van der Waals surface area contributed by atoms with Crippen LogP contribution in [0.25, 0.3) is 0 Å². The van der Waals surface area contributed by atoms with Crippen molar-refractivity contribution < 1.29 is 0 Å². The van der Waals surface area contributed by atoms with E-state index >= 15 is 0 Å². The van der Waals surface area contributed by atoms with E-state index in [2.05, 4.69) is 18.8 Å². The predicted octanol–water partition coefficient (Wildman–Crippen LogP) is 1.17. The van der Waals surface area contributed by atoms with E-state index in [0.717, 1.165) is 6.42 Å². The van der Waals surface area contributed by atoms with Crippen molar-refractivity contribution in [3.05, 3.63) is 12.7 Å². The molecular formula is C7H13N. The van der Waals surface area contributed by atoms with Crippen molar-refractivity contribution in [2.45, 2.75) is 13.3 Å². The van der Waals surface area contributed by atoms with Crippen LogP contribution in [0.5, 0.6) is 0 Å². The third-order valence-corrected chi connectivity index (χ3v) is 1.74. The van der Waals surface area contributed by atoms with Crippen LogP contribution >= 0.6 is 0 Å². The molecule has 0 spiro atoms. The molecule has 0 radical (unpaired) electrons. The fraction of sp³-hybridized carbons (Fsp3) is 0.714. The van der Waals surface area contributed by atoms with Gasteiger partial charge in [-0.1, -0.05) is 13.0 Å². The minimum absolute atomic E-state index is 0.543. The second-order valence-corrected chi connectivity index (χ2v) is 2.91. The lowest BCUT2D eigenvalue weighted by Crippen LogP contribution is -2.50. The molecule has 1 N–H and O–H groups in total. The summed E-state index contributed by atoms with van der Waals surface area (Å²) in [6.07, 6.45) is 3.15. The van der Waals surface area contributed by atoms with Crippen molar-refractivity contribution in [3.63, 3.8) is 0 Å². The van der Waals surface area contributed by atoms with Gasteiger partial charge in [-0.05, 0) is 11.8 Å². The molecule has 0 aromatic heterocycles. The highest BCUT2D eigenvalue weighted by Gasteiger charge is 2.29. The van der Waals surface area contributed by atoms with E-state index in [1.807, 2.05) is 6.08 Å². The Bertz CT molecular complexity index is 92.6. The van der Waals surface area contributed by atoms with Gasteiger partial charge in [-0.15, -0.1) is 6.58 Å². The summed E-state index contributed by atoms with van der Waals surface area (Å²) in [4.78, 5) is 0. The van der Waals surface area contributed by atoms with Crippen molar-refractivity contribution in [1.82, 2.24) is 5.32 Å². The van der Waals surface area contributed by atoms with Crippen LogP contribution in [0.1, 0.15) is 13.3 Å². The van der Waals surface area contributed by atoms with Crippen LogP contribution in [-0.4, -0.2) is 13.1 Å². The third-order valence-electron chi connectivity index (χ3n) is 1.74. The Balaban J connectivity index is 2.29. The van der Waals surface area contributed by atoms with Gasteiger partial charge < -0.3 is 5.32 Å².